The van der Waals surface area contributed by atoms with Crippen LogP contribution in [0.25, 0.3) is 0 Å². The van der Waals surface area contributed by atoms with Crippen molar-refractivity contribution in [3.8, 4) is 0 Å². The first-order valence-electron chi connectivity index (χ1n) is 2.77. The number of ether oxygens (including phenoxy) is 1. The maximum Gasteiger partial charge on any atom is 0.353 e. The van der Waals surface area contributed by atoms with Crippen molar-refractivity contribution in [1.29, 1.82) is 0 Å². The Labute approximate surface area is 56.8 Å². The number of carbonyl (C=O) groups is 2. The minimum absolute atomic E-state index is 0.0947. The van der Waals surface area contributed by atoms with Crippen LogP contribution < -0.4 is 0 Å². The molecule has 0 aromatic rings. The summed E-state index contributed by atoms with van der Waals surface area (Å²) in [6.07, 6.45) is -0.375. The molecular weight excluding hydrogens is 140 g/mol. The fourth-order valence-electron chi connectivity index (χ4n) is 0.495. The van der Waals surface area contributed by atoms with Crippen molar-refractivity contribution in [2.75, 3.05) is 13.2 Å². The summed E-state index contributed by atoms with van der Waals surface area (Å²) in [6, 6.07) is 0. The van der Waals surface area contributed by atoms with Crippen LogP contribution in [0.4, 0.5) is 0 Å². The molecule has 0 N–H and O–H groups in total. The van der Waals surface area contributed by atoms with Gasteiger partial charge in [0.05, 0.1) is 0 Å². The van der Waals surface area contributed by atoms with E-state index in [9.17, 15) is 9.59 Å². The quantitative estimate of drug-likeness (QED) is 0.259. The van der Waals surface area contributed by atoms with Gasteiger partial charge in [0.25, 0.3) is 0 Å². The average Bonchev–Trinajstić information content (AvgIpc) is 1.83. The highest BCUT2D eigenvalue weighted by molar-refractivity contribution is 5.90. The molecular formula is C5H6O5. The van der Waals surface area contributed by atoms with Crippen LogP contribution in [0.2, 0.25) is 0 Å². The Morgan fingerprint density at radius 2 is 1.90 bits per heavy atom. The second-order valence-corrected chi connectivity index (χ2v) is 1.67. The largest absolute Gasteiger partial charge is 0.463 e. The average molecular weight is 146 g/mol. The minimum Gasteiger partial charge on any atom is -0.463 e. The molecule has 0 aromatic carbocycles. The van der Waals surface area contributed by atoms with Crippen LogP contribution in [-0.2, 0) is 24.1 Å². The van der Waals surface area contributed by atoms with Crippen molar-refractivity contribution in [3.63, 3.8) is 0 Å². The summed E-state index contributed by atoms with van der Waals surface area (Å²) in [6.45, 7) is 0.226. The lowest BCUT2D eigenvalue weighted by Crippen LogP contribution is -2.20. The second kappa shape index (κ2) is 3.17. The van der Waals surface area contributed by atoms with E-state index in [-0.39, 0.29) is 19.6 Å². The molecule has 1 aliphatic rings. The molecule has 0 atom stereocenters. The number of rotatable bonds is 0. The predicted molar refractivity (Wildman–Crippen MR) is 27.6 cm³/mol. The maximum absolute atomic E-state index is 10.5. The summed E-state index contributed by atoms with van der Waals surface area (Å²) in [4.78, 5) is 29.3. The molecule has 0 bridgehead atoms. The summed E-state index contributed by atoms with van der Waals surface area (Å²) in [5.74, 6) is -1.29. The van der Waals surface area contributed by atoms with Crippen LogP contribution in [0.5, 0.6) is 0 Å². The third-order valence-electron chi connectivity index (χ3n) is 0.870. The summed E-state index contributed by atoms with van der Waals surface area (Å²) < 4.78 is 4.49. The van der Waals surface area contributed by atoms with Crippen molar-refractivity contribution >= 4 is 11.9 Å². The van der Waals surface area contributed by atoms with Crippen molar-refractivity contribution < 1.29 is 24.1 Å². The predicted octanol–water partition coefficient (Wildman–Crippen LogP) is -0.592. The van der Waals surface area contributed by atoms with Crippen molar-refractivity contribution in [2.24, 2.45) is 0 Å². The van der Waals surface area contributed by atoms with Gasteiger partial charge in [0.2, 0.25) is 0 Å². The van der Waals surface area contributed by atoms with Gasteiger partial charge < -0.3 is 4.74 Å². The van der Waals surface area contributed by atoms with Gasteiger partial charge in [-0.1, -0.05) is 0 Å². The van der Waals surface area contributed by atoms with E-state index in [0.717, 1.165) is 0 Å². The molecule has 1 heterocycles. The van der Waals surface area contributed by atoms with E-state index in [4.69, 9.17) is 0 Å². The Kier molecular flexibility index (Phi) is 2.22. The third kappa shape index (κ3) is 2.02. The number of cyclic esters (lactones) is 1. The van der Waals surface area contributed by atoms with E-state index in [1.165, 1.54) is 0 Å². The van der Waals surface area contributed by atoms with E-state index < -0.39 is 11.9 Å². The summed E-state index contributed by atoms with van der Waals surface area (Å²) >= 11 is 0. The van der Waals surface area contributed by atoms with Crippen LogP contribution in [0, 0.1) is 0 Å². The lowest BCUT2D eigenvalue weighted by atomic mass is 10.4. The molecule has 10 heavy (non-hydrogen) atoms. The zero-order chi connectivity index (χ0) is 7.40. The molecule has 0 amide bonds. The van der Waals surface area contributed by atoms with E-state index in [0.29, 0.717) is 0 Å². The van der Waals surface area contributed by atoms with E-state index in [1.54, 1.807) is 0 Å². The standard InChI is InChI=1S/C5H6O5/c6-4-3-5(7)10-9-2-1-8-4/h1-3H2. The van der Waals surface area contributed by atoms with Gasteiger partial charge in [0.1, 0.15) is 19.6 Å². The maximum atomic E-state index is 10.5. The molecule has 1 rings (SSSR count). The molecule has 5 heteroatoms. The second-order valence-electron chi connectivity index (χ2n) is 1.67. The summed E-state index contributed by atoms with van der Waals surface area (Å²) in [5, 5.41) is 0. The monoisotopic (exact) mass is 146 g/mol. The zero-order valence-corrected chi connectivity index (χ0v) is 5.16. The molecule has 0 radical (unpaired) electrons. The van der Waals surface area contributed by atoms with Crippen molar-refractivity contribution in [1.82, 2.24) is 0 Å². The molecule has 0 aromatic heterocycles. The van der Waals surface area contributed by atoms with Crippen LogP contribution in [0.3, 0.4) is 0 Å². The van der Waals surface area contributed by atoms with E-state index in [1.807, 2.05) is 0 Å². The minimum atomic E-state index is -0.718. The van der Waals surface area contributed by atoms with Crippen molar-refractivity contribution in [2.45, 2.75) is 6.42 Å². The molecule has 56 valence electrons. The number of hydrogen-bond acceptors (Lipinski definition) is 5. The Morgan fingerprint density at radius 3 is 2.70 bits per heavy atom. The van der Waals surface area contributed by atoms with Gasteiger partial charge in [-0.05, 0) is 0 Å². The van der Waals surface area contributed by atoms with Crippen LogP contribution >= 0.6 is 0 Å². The molecule has 1 saturated heterocycles. The Hall–Kier alpha value is -1.10. The van der Waals surface area contributed by atoms with Gasteiger partial charge in [0, 0.05) is 0 Å². The van der Waals surface area contributed by atoms with E-state index >= 15 is 0 Å². The lowest BCUT2D eigenvalue weighted by molar-refractivity contribution is -0.279. The molecule has 0 spiro atoms. The molecule has 0 unspecified atom stereocenters. The normalized spacial score (nSPS) is 20.4. The highest BCUT2D eigenvalue weighted by Gasteiger charge is 2.15. The summed E-state index contributed by atoms with van der Waals surface area (Å²) in [5.41, 5.74) is 0. The molecule has 1 fully saturated rings. The van der Waals surface area contributed by atoms with Gasteiger partial charge in [-0.15, -0.1) is 0 Å². The molecule has 0 aliphatic carbocycles. The molecule has 0 saturated carbocycles. The fourth-order valence-corrected chi connectivity index (χ4v) is 0.495. The first-order chi connectivity index (χ1) is 4.79. The van der Waals surface area contributed by atoms with Crippen molar-refractivity contribution in [3.05, 3.63) is 0 Å². The SMILES string of the molecule is O=C1CC(=O)OOCCO1. The molecule has 5 nitrogen and oxygen atoms in total. The van der Waals surface area contributed by atoms with Gasteiger partial charge in [0.15, 0.2) is 0 Å². The number of esters is 1. The van der Waals surface area contributed by atoms with Crippen LogP contribution in [-0.4, -0.2) is 25.2 Å². The van der Waals surface area contributed by atoms with E-state index in [2.05, 4.69) is 14.5 Å². The van der Waals surface area contributed by atoms with Gasteiger partial charge in [-0.2, -0.15) is 4.89 Å². The number of carbonyl (C=O) groups excluding carboxylic acids is 2. The Bertz CT molecular complexity index is 136. The third-order valence-corrected chi connectivity index (χ3v) is 0.870. The first-order valence-corrected chi connectivity index (χ1v) is 2.77. The first kappa shape index (κ1) is 7.01. The highest BCUT2D eigenvalue weighted by Crippen LogP contribution is 1.95. The fraction of sp³-hybridized carbons (Fsp3) is 0.600. The topological polar surface area (TPSA) is 61.8 Å². The smallest absolute Gasteiger partial charge is 0.353 e. The highest BCUT2D eigenvalue weighted by atomic mass is 17.2. The number of hydrogen-bond donors (Lipinski definition) is 0. The Balaban J connectivity index is 2.40. The van der Waals surface area contributed by atoms with Crippen LogP contribution in [0.1, 0.15) is 6.42 Å². The summed E-state index contributed by atoms with van der Waals surface area (Å²) in [7, 11) is 0. The van der Waals surface area contributed by atoms with Gasteiger partial charge in [-0.3, -0.25) is 9.68 Å². The van der Waals surface area contributed by atoms with Gasteiger partial charge in [-0.25, -0.2) is 4.79 Å². The van der Waals surface area contributed by atoms with Crippen LogP contribution in [0.15, 0.2) is 0 Å². The Morgan fingerprint density at radius 1 is 1.10 bits per heavy atom. The molecule has 1 aliphatic heterocycles. The van der Waals surface area contributed by atoms with Gasteiger partial charge >= 0.3 is 11.9 Å². The lowest BCUT2D eigenvalue weighted by Gasteiger charge is -2.08. The zero-order valence-electron chi connectivity index (χ0n) is 5.16.